The van der Waals surface area contributed by atoms with Gasteiger partial charge in [-0.1, -0.05) is 12.1 Å². The molecule has 0 aromatic heterocycles. The molecule has 0 aliphatic carbocycles. The lowest BCUT2D eigenvalue weighted by Crippen LogP contribution is -2.13. The van der Waals surface area contributed by atoms with Crippen LogP contribution in [0.5, 0.6) is 0 Å². The van der Waals surface area contributed by atoms with Crippen molar-refractivity contribution in [2.24, 2.45) is 5.73 Å². The largest absolute Gasteiger partial charge is 0.324 e. The van der Waals surface area contributed by atoms with Crippen molar-refractivity contribution in [1.29, 1.82) is 0 Å². The summed E-state index contributed by atoms with van der Waals surface area (Å²) in [7, 11) is -3.97. The van der Waals surface area contributed by atoms with Crippen LogP contribution in [-0.4, -0.2) is 8.42 Å². The lowest BCUT2D eigenvalue weighted by Gasteiger charge is -2.10. The van der Waals surface area contributed by atoms with Gasteiger partial charge in [0.25, 0.3) is 10.0 Å². The molecule has 0 aliphatic heterocycles. The third kappa shape index (κ3) is 3.56. The zero-order valence-electron chi connectivity index (χ0n) is 11.2. The van der Waals surface area contributed by atoms with Gasteiger partial charge in [-0.3, -0.25) is 4.72 Å². The Hall–Kier alpha value is -1.99. The first-order chi connectivity index (χ1) is 9.79. The number of rotatable bonds is 4. The highest BCUT2D eigenvalue weighted by Crippen LogP contribution is 2.19. The topological polar surface area (TPSA) is 72.2 Å². The van der Waals surface area contributed by atoms with Crippen LogP contribution in [0.1, 0.15) is 18.5 Å². The molecular weight excluding hydrogens is 298 g/mol. The molecule has 0 saturated carbocycles. The van der Waals surface area contributed by atoms with E-state index < -0.39 is 21.7 Å². The van der Waals surface area contributed by atoms with E-state index in [0.29, 0.717) is 11.8 Å². The average molecular weight is 312 g/mol. The summed E-state index contributed by atoms with van der Waals surface area (Å²) in [5.41, 5.74) is 6.86. The fourth-order valence-corrected chi connectivity index (χ4v) is 2.78. The average Bonchev–Trinajstić information content (AvgIpc) is 2.42. The lowest BCUT2D eigenvalue weighted by atomic mass is 10.1. The fraction of sp³-hybridized carbons (Fsp3) is 0.143. The van der Waals surface area contributed by atoms with Gasteiger partial charge >= 0.3 is 0 Å². The molecule has 1 unspecified atom stereocenters. The second kappa shape index (κ2) is 5.79. The van der Waals surface area contributed by atoms with Crippen LogP contribution >= 0.6 is 0 Å². The Balaban J connectivity index is 2.26. The Labute approximate surface area is 121 Å². The molecule has 0 aliphatic rings. The third-order valence-corrected chi connectivity index (χ3v) is 4.27. The van der Waals surface area contributed by atoms with E-state index in [2.05, 4.69) is 4.72 Å². The number of sulfonamides is 1. The molecule has 1 atom stereocenters. The molecule has 0 fully saturated rings. The molecule has 7 heteroatoms. The van der Waals surface area contributed by atoms with Gasteiger partial charge in [0.15, 0.2) is 11.6 Å². The molecule has 0 bridgehead atoms. The Morgan fingerprint density at radius 1 is 1.05 bits per heavy atom. The Bertz CT molecular complexity index is 744. The van der Waals surface area contributed by atoms with Crippen molar-refractivity contribution in [2.75, 3.05) is 4.72 Å². The molecule has 21 heavy (non-hydrogen) atoms. The van der Waals surface area contributed by atoms with Gasteiger partial charge in [0, 0.05) is 11.7 Å². The van der Waals surface area contributed by atoms with Crippen LogP contribution in [-0.2, 0) is 10.0 Å². The molecule has 0 saturated heterocycles. The first-order valence-electron chi connectivity index (χ1n) is 6.13. The van der Waals surface area contributed by atoms with Crippen LogP contribution in [0, 0.1) is 11.6 Å². The summed E-state index contributed by atoms with van der Waals surface area (Å²) in [6.07, 6.45) is 0. The number of halogens is 2. The van der Waals surface area contributed by atoms with Crippen molar-refractivity contribution in [1.82, 2.24) is 0 Å². The number of hydrogen-bond acceptors (Lipinski definition) is 3. The van der Waals surface area contributed by atoms with Crippen LogP contribution in [0.15, 0.2) is 47.4 Å². The smallest absolute Gasteiger partial charge is 0.261 e. The highest BCUT2D eigenvalue weighted by atomic mass is 32.2. The van der Waals surface area contributed by atoms with Crippen LogP contribution < -0.4 is 10.5 Å². The number of hydrogen-bond donors (Lipinski definition) is 2. The quantitative estimate of drug-likeness (QED) is 0.912. The van der Waals surface area contributed by atoms with Crippen LogP contribution in [0.4, 0.5) is 14.5 Å². The van der Waals surface area contributed by atoms with Crippen molar-refractivity contribution in [3.05, 3.63) is 59.7 Å². The third-order valence-electron chi connectivity index (χ3n) is 2.89. The summed E-state index contributed by atoms with van der Waals surface area (Å²) in [6.45, 7) is 1.81. The first-order valence-corrected chi connectivity index (χ1v) is 7.61. The maximum atomic E-state index is 13.1. The highest BCUT2D eigenvalue weighted by Gasteiger charge is 2.16. The maximum Gasteiger partial charge on any atom is 0.261 e. The van der Waals surface area contributed by atoms with Crippen LogP contribution in [0.2, 0.25) is 0 Å². The maximum absolute atomic E-state index is 13.1. The zero-order chi connectivity index (χ0) is 15.6. The summed E-state index contributed by atoms with van der Waals surface area (Å²) >= 11 is 0. The molecule has 0 amide bonds. The molecule has 0 heterocycles. The van der Waals surface area contributed by atoms with Crippen molar-refractivity contribution in [3.63, 3.8) is 0 Å². The molecule has 2 aromatic carbocycles. The molecule has 2 rings (SSSR count). The van der Waals surface area contributed by atoms with Gasteiger partial charge in [-0.15, -0.1) is 0 Å². The standard InChI is InChI=1S/C14H14F2N2O2S/c1-9(17)10-2-4-11(5-3-10)18-21(19,20)12-6-7-13(15)14(16)8-12/h2-9,18H,17H2,1H3. The molecule has 112 valence electrons. The Kier molecular flexibility index (Phi) is 4.24. The van der Waals surface area contributed by atoms with Gasteiger partial charge in [-0.05, 0) is 42.8 Å². The second-order valence-electron chi connectivity index (χ2n) is 4.59. The van der Waals surface area contributed by atoms with E-state index in [4.69, 9.17) is 5.73 Å². The van der Waals surface area contributed by atoms with Gasteiger partial charge in [0.1, 0.15) is 0 Å². The van der Waals surface area contributed by atoms with Crippen molar-refractivity contribution in [2.45, 2.75) is 17.9 Å². The van der Waals surface area contributed by atoms with E-state index in [0.717, 1.165) is 17.7 Å². The van der Waals surface area contributed by atoms with E-state index >= 15 is 0 Å². The first kappa shape index (κ1) is 15.4. The highest BCUT2D eigenvalue weighted by molar-refractivity contribution is 7.92. The fourth-order valence-electron chi connectivity index (χ4n) is 1.71. The molecule has 0 radical (unpaired) electrons. The normalized spacial score (nSPS) is 13.0. The molecule has 4 nitrogen and oxygen atoms in total. The minimum Gasteiger partial charge on any atom is -0.324 e. The summed E-state index contributed by atoms with van der Waals surface area (Å²) in [5.74, 6) is -2.32. The van der Waals surface area contributed by atoms with Gasteiger partial charge in [-0.2, -0.15) is 0 Å². The molecule has 2 aromatic rings. The van der Waals surface area contributed by atoms with Gasteiger partial charge in [-0.25, -0.2) is 17.2 Å². The number of benzene rings is 2. The zero-order valence-corrected chi connectivity index (χ0v) is 12.0. The monoisotopic (exact) mass is 312 g/mol. The SMILES string of the molecule is CC(N)c1ccc(NS(=O)(=O)c2ccc(F)c(F)c2)cc1. The van der Waals surface area contributed by atoms with Crippen LogP contribution in [0.25, 0.3) is 0 Å². The predicted molar refractivity (Wildman–Crippen MR) is 76.2 cm³/mol. The molecular formula is C14H14F2N2O2S. The summed E-state index contributed by atoms with van der Waals surface area (Å²) in [5, 5.41) is 0. The van der Waals surface area contributed by atoms with E-state index in [1.54, 1.807) is 31.2 Å². The van der Waals surface area contributed by atoms with Gasteiger partial charge in [0.2, 0.25) is 0 Å². The van der Waals surface area contributed by atoms with E-state index in [1.807, 2.05) is 0 Å². The van der Waals surface area contributed by atoms with Gasteiger partial charge in [0.05, 0.1) is 4.90 Å². The predicted octanol–water partition coefficient (Wildman–Crippen LogP) is 2.79. The van der Waals surface area contributed by atoms with Crippen molar-refractivity contribution >= 4 is 15.7 Å². The minimum atomic E-state index is -3.97. The van der Waals surface area contributed by atoms with Gasteiger partial charge < -0.3 is 5.73 Å². The summed E-state index contributed by atoms with van der Waals surface area (Å²) in [4.78, 5) is -0.349. The second-order valence-corrected chi connectivity index (χ2v) is 6.27. The minimum absolute atomic E-state index is 0.165. The lowest BCUT2D eigenvalue weighted by molar-refractivity contribution is 0.504. The summed E-state index contributed by atoms with van der Waals surface area (Å²) < 4.78 is 52.3. The van der Waals surface area contributed by atoms with E-state index in [9.17, 15) is 17.2 Å². The summed E-state index contributed by atoms with van der Waals surface area (Å²) in [6, 6.07) is 8.71. The van der Waals surface area contributed by atoms with Crippen molar-refractivity contribution in [3.8, 4) is 0 Å². The molecule has 0 spiro atoms. The Morgan fingerprint density at radius 2 is 1.67 bits per heavy atom. The number of nitrogens with two attached hydrogens (primary N) is 1. The molecule has 3 N–H and O–H groups in total. The van der Waals surface area contributed by atoms with E-state index in [-0.39, 0.29) is 10.9 Å². The van der Waals surface area contributed by atoms with Crippen LogP contribution in [0.3, 0.4) is 0 Å². The number of nitrogens with one attached hydrogen (secondary N) is 1. The number of anilines is 1. The van der Waals surface area contributed by atoms with E-state index in [1.165, 1.54) is 0 Å². The Morgan fingerprint density at radius 3 is 2.19 bits per heavy atom. The van der Waals surface area contributed by atoms with Crippen molar-refractivity contribution < 1.29 is 17.2 Å².